The second-order valence-corrected chi connectivity index (χ2v) is 6.42. The Balaban J connectivity index is 1.90. The summed E-state index contributed by atoms with van der Waals surface area (Å²) in [7, 11) is 0. The number of hydrogen-bond donors (Lipinski definition) is 2. The lowest BCUT2D eigenvalue weighted by Crippen LogP contribution is -2.53. The Morgan fingerprint density at radius 1 is 1.24 bits per heavy atom. The van der Waals surface area contributed by atoms with Gasteiger partial charge in [0.05, 0.1) is 19.3 Å². The molecule has 21 heavy (non-hydrogen) atoms. The summed E-state index contributed by atoms with van der Waals surface area (Å²) in [6, 6.07) is 0.165. The Hall–Kier alpha value is -1.30. The van der Waals surface area contributed by atoms with Gasteiger partial charge in [0.15, 0.2) is 0 Å². The van der Waals surface area contributed by atoms with E-state index in [-0.39, 0.29) is 23.9 Å². The highest BCUT2D eigenvalue weighted by molar-refractivity contribution is 5.79. The largest absolute Gasteiger partial charge is 0.465 e. The Morgan fingerprint density at radius 2 is 1.90 bits per heavy atom. The molecule has 0 spiro atoms. The molecule has 2 fully saturated rings. The van der Waals surface area contributed by atoms with Crippen LogP contribution in [0.5, 0.6) is 0 Å². The van der Waals surface area contributed by atoms with Crippen molar-refractivity contribution in [2.75, 3.05) is 19.8 Å². The quantitative estimate of drug-likeness (QED) is 0.831. The van der Waals surface area contributed by atoms with Gasteiger partial charge < -0.3 is 20.1 Å². The fourth-order valence-corrected chi connectivity index (χ4v) is 3.34. The average molecular weight is 298 g/mol. The van der Waals surface area contributed by atoms with Crippen molar-refractivity contribution in [2.24, 2.45) is 11.8 Å². The molecule has 0 bridgehead atoms. The molecule has 2 rings (SSSR count). The SMILES string of the molecule is CC(C)[C@H]1COCCN1C(=O)C1CCC(NC(=O)O)CC1. The standard InChI is InChI=1S/C15H26N2O4/c1-10(2)13-9-21-8-7-17(13)14(18)11-3-5-12(6-4-11)16-15(19)20/h10-13,16H,3-9H2,1-2H3,(H,19,20)/t11?,12?,13-/m1/s1. The number of amides is 2. The Bertz CT molecular complexity index is 378. The lowest BCUT2D eigenvalue weighted by Gasteiger charge is -2.41. The van der Waals surface area contributed by atoms with E-state index in [2.05, 4.69) is 19.2 Å². The maximum absolute atomic E-state index is 12.7. The van der Waals surface area contributed by atoms with Crippen LogP contribution in [0.25, 0.3) is 0 Å². The van der Waals surface area contributed by atoms with Gasteiger partial charge in [-0.15, -0.1) is 0 Å². The molecule has 1 aliphatic carbocycles. The molecule has 1 saturated carbocycles. The molecule has 0 aromatic carbocycles. The van der Waals surface area contributed by atoms with Gasteiger partial charge in [-0.3, -0.25) is 4.79 Å². The van der Waals surface area contributed by atoms with Gasteiger partial charge in [0, 0.05) is 18.5 Å². The molecule has 0 unspecified atom stereocenters. The zero-order chi connectivity index (χ0) is 15.4. The molecule has 1 heterocycles. The van der Waals surface area contributed by atoms with Crippen LogP contribution < -0.4 is 5.32 Å². The van der Waals surface area contributed by atoms with Gasteiger partial charge in [-0.05, 0) is 31.6 Å². The molecular weight excluding hydrogens is 272 g/mol. The van der Waals surface area contributed by atoms with E-state index in [4.69, 9.17) is 9.84 Å². The van der Waals surface area contributed by atoms with Crippen molar-refractivity contribution in [3.63, 3.8) is 0 Å². The van der Waals surface area contributed by atoms with E-state index in [9.17, 15) is 9.59 Å². The summed E-state index contributed by atoms with van der Waals surface area (Å²) in [5.74, 6) is 0.654. The average Bonchev–Trinajstić information content (AvgIpc) is 2.46. The third-order valence-corrected chi connectivity index (χ3v) is 4.62. The van der Waals surface area contributed by atoms with Crippen molar-refractivity contribution in [3.8, 4) is 0 Å². The van der Waals surface area contributed by atoms with Crippen molar-refractivity contribution in [3.05, 3.63) is 0 Å². The molecule has 0 aromatic rings. The molecule has 1 aliphatic heterocycles. The van der Waals surface area contributed by atoms with Crippen LogP contribution >= 0.6 is 0 Å². The first-order valence-electron chi connectivity index (χ1n) is 7.86. The number of nitrogens with one attached hydrogen (secondary N) is 1. The number of rotatable bonds is 3. The fourth-order valence-electron chi connectivity index (χ4n) is 3.34. The zero-order valence-electron chi connectivity index (χ0n) is 12.9. The fraction of sp³-hybridized carbons (Fsp3) is 0.867. The molecule has 0 radical (unpaired) electrons. The van der Waals surface area contributed by atoms with E-state index in [1.54, 1.807) is 0 Å². The highest BCUT2D eigenvalue weighted by atomic mass is 16.5. The van der Waals surface area contributed by atoms with Crippen LogP contribution in [0, 0.1) is 11.8 Å². The summed E-state index contributed by atoms with van der Waals surface area (Å²) in [4.78, 5) is 25.4. The van der Waals surface area contributed by atoms with Gasteiger partial charge in [-0.2, -0.15) is 0 Å². The molecule has 6 nitrogen and oxygen atoms in total. The summed E-state index contributed by atoms with van der Waals surface area (Å²) in [6.07, 6.45) is 2.06. The first-order chi connectivity index (χ1) is 9.99. The van der Waals surface area contributed by atoms with Crippen molar-refractivity contribution in [1.82, 2.24) is 10.2 Å². The highest BCUT2D eigenvalue weighted by Gasteiger charge is 2.35. The van der Waals surface area contributed by atoms with Crippen LogP contribution in [-0.2, 0) is 9.53 Å². The van der Waals surface area contributed by atoms with Crippen LogP contribution in [0.3, 0.4) is 0 Å². The second-order valence-electron chi connectivity index (χ2n) is 6.42. The van der Waals surface area contributed by atoms with Crippen molar-refractivity contribution < 1.29 is 19.4 Å². The van der Waals surface area contributed by atoms with Gasteiger partial charge >= 0.3 is 6.09 Å². The van der Waals surface area contributed by atoms with Gasteiger partial charge in [-0.1, -0.05) is 13.8 Å². The maximum Gasteiger partial charge on any atom is 0.404 e. The summed E-state index contributed by atoms with van der Waals surface area (Å²) >= 11 is 0. The predicted octanol–water partition coefficient (Wildman–Crippen LogP) is 1.70. The molecule has 2 N–H and O–H groups in total. The minimum Gasteiger partial charge on any atom is -0.465 e. The van der Waals surface area contributed by atoms with Crippen LogP contribution in [0.2, 0.25) is 0 Å². The molecule has 0 aromatic heterocycles. The van der Waals surface area contributed by atoms with Crippen LogP contribution in [-0.4, -0.2) is 53.8 Å². The van der Waals surface area contributed by atoms with Gasteiger partial charge in [-0.25, -0.2) is 4.79 Å². The minimum atomic E-state index is -0.974. The minimum absolute atomic E-state index is 0.00265. The van der Waals surface area contributed by atoms with Gasteiger partial charge in [0.1, 0.15) is 0 Å². The maximum atomic E-state index is 12.7. The third kappa shape index (κ3) is 4.09. The zero-order valence-corrected chi connectivity index (χ0v) is 12.9. The topological polar surface area (TPSA) is 78.9 Å². The monoisotopic (exact) mass is 298 g/mol. The number of hydrogen-bond acceptors (Lipinski definition) is 3. The third-order valence-electron chi connectivity index (χ3n) is 4.62. The van der Waals surface area contributed by atoms with Crippen LogP contribution in [0.15, 0.2) is 0 Å². The van der Waals surface area contributed by atoms with E-state index < -0.39 is 6.09 Å². The number of carbonyl (C=O) groups excluding carboxylic acids is 1. The van der Waals surface area contributed by atoms with E-state index in [1.165, 1.54) is 0 Å². The molecule has 2 aliphatic rings. The Morgan fingerprint density at radius 3 is 2.48 bits per heavy atom. The van der Waals surface area contributed by atoms with E-state index in [0.717, 1.165) is 25.7 Å². The smallest absolute Gasteiger partial charge is 0.404 e. The van der Waals surface area contributed by atoms with Crippen LogP contribution in [0.4, 0.5) is 4.79 Å². The van der Waals surface area contributed by atoms with Crippen molar-refractivity contribution in [1.29, 1.82) is 0 Å². The molecule has 120 valence electrons. The number of nitrogens with zero attached hydrogens (tertiary/aromatic N) is 1. The molecule has 1 saturated heterocycles. The molecular formula is C15H26N2O4. The molecule has 1 atom stereocenters. The van der Waals surface area contributed by atoms with E-state index in [1.807, 2.05) is 4.90 Å². The molecule has 2 amide bonds. The number of carboxylic acid groups (broad SMARTS) is 1. The van der Waals surface area contributed by atoms with Gasteiger partial charge in [0.2, 0.25) is 5.91 Å². The summed E-state index contributed by atoms with van der Waals surface area (Å²) in [5, 5.41) is 11.3. The molecule has 6 heteroatoms. The van der Waals surface area contributed by atoms with E-state index in [0.29, 0.717) is 25.7 Å². The lowest BCUT2D eigenvalue weighted by atomic mass is 9.84. The Labute approximate surface area is 125 Å². The Kier molecular flexibility index (Phi) is 5.45. The normalized spacial score (nSPS) is 30.2. The predicted molar refractivity (Wildman–Crippen MR) is 78.1 cm³/mol. The number of morpholine rings is 1. The number of ether oxygens (including phenoxy) is 1. The first kappa shape index (κ1) is 16.1. The summed E-state index contributed by atoms with van der Waals surface area (Å²) in [6.45, 7) is 6.15. The summed E-state index contributed by atoms with van der Waals surface area (Å²) < 4.78 is 5.50. The van der Waals surface area contributed by atoms with Crippen molar-refractivity contribution >= 4 is 12.0 Å². The van der Waals surface area contributed by atoms with Crippen LogP contribution in [0.1, 0.15) is 39.5 Å². The highest BCUT2D eigenvalue weighted by Crippen LogP contribution is 2.28. The van der Waals surface area contributed by atoms with Crippen molar-refractivity contribution in [2.45, 2.75) is 51.6 Å². The summed E-state index contributed by atoms with van der Waals surface area (Å²) in [5.41, 5.74) is 0. The lowest BCUT2D eigenvalue weighted by molar-refractivity contribution is -0.147. The number of carbonyl (C=O) groups is 2. The second kappa shape index (κ2) is 7.11. The van der Waals surface area contributed by atoms with E-state index >= 15 is 0 Å². The first-order valence-corrected chi connectivity index (χ1v) is 7.86. The van der Waals surface area contributed by atoms with Gasteiger partial charge in [0.25, 0.3) is 0 Å².